The number of carbonyl (C=O) groups is 1. The van der Waals surface area contributed by atoms with Crippen LogP contribution in [0.5, 0.6) is 5.75 Å². The maximum Gasteiger partial charge on any atom is 0.254 e. The molecule has 1 saturated carbocycles. The summed E-state index contributed by atoms with van der Waals surface area (Å²) in [5, 5.41) is 13.4. The highest BCUT2D eigenvalue weighted by Crippen LogP contribution is 2.30. The lowest BCUT2D eigenvalue weighted by molar-refractivity contribution is 0.0730. The van der Waals surface area contributed by atoms with E-state index >= 15 is 0 Å². The fraction of sp³-hybridized carbons (Fsp3) is 0.267. The maximum absolute atomic E-state index is 12.5. The minimum Gasteiger partial charge on any atom is -0.508 e. The first-order valence-electron chi connectivity index (χ1n) is 6.35. The molecule has 1 fully saturated rings. The molecule has 0 saturated heterocycles. The second kappa shape index (κ2) is 5.05. The number of thiophene rings is 1. The Labute approximate surface area is 116 Å². The molecule has 1 aliphatic rings. The topological polar surface area (TPSA) is 40.5 Å². The molecule has 1 aromatic heterocycles. The highest BCUT2D eigenvalue weighted by molar-refractivity contribution is 7.07. The molecule has 0 atom stereocenters. The number of rotatable bonds is 4. The minimum absolute atomic E-state index is 0.0497. The summed E-state index contributed by atoms with van der Waals surface area (Å²) in [5.74, 6) is 0.237. The van der Waals surface area contributed by atoms with Crippen LogP contribution in [0.3, 0.4) is 0 Å². The van der Waals surface area contributed by atoms with Gasteiger partial charge in [-0.05, 0) is 59.5 Å². The van der Waals surface area contributed by atoms with E-state index in [1.807, 2.05) is 10.3 Å². The van der Waals surface area contributed by atoms with E-state index in [-0.39, 0.29) is 11.7 Å². The number of aromatic hydroxyl groups is 1. The van der Waals surface area contributed by atoms with Crippen LogP contribution in [0.2, 0.25) is 0 Å². The number of nitrogens with zero attached hydrogens (tertiary/aromatic N) is 1. The molecule has 0 bridgehead atoms. The van der Waals surface area contributed by atoms with Gasteiger partial charge >= 0.3 is 0 Å². The summed E-state index contributed by atoms with van der Waals surface area (Å²) in [6.07, 6.45) is 2.18. The van der Waals surface area contributed by atoms with E-state index < -0.39 is 0 Å². The summed E-state index contributed by atoms with van der Waals surface area (Å²) in [6, 6.07) is 8.92. The zero-order valence-corrected chi connectivity index (χ0v) is 11.3. The van der Waals surface area contributed by atoms with E-state index in [0.717, 1.165) is 12.8 Å². The van der Waals surface area contributed by atoms with E-state index in [1.54, 1.807) is 35.6 Å². The van der Waals surface area contributed by atoms with Gasteiger partial charge in [0.05, 0.1) is 0 Å². The number of carbonyl (C=O) groups excluding carboxylic acids is 1. The lowest BCUT2D eigenvalue weighted by Gasteiger charge is -2.22. The van der Waals surface area contributed by atoms with Crippen molar-refractivity contribution in [2.45, 2.75) is 25.4 Å². The maximum atomic E-state index is 12.5. The van der Waals surface area contributed by atoms with Gasteiger partial charge in [-0.3, -0.25) is 4.79 Å². The molecule has 0 spiro atoms. The Kier molecular flexibility index (Phi) is 3.25. The quantitative estimate of drug-likeness (QED) is 0.929. The van der Waals surface area contributed by atoms with E-state index in [1.165, 1.54) is 5.56 Å². The molecule has 2 aromatic rings. The summed E-state index contributed by atoms with van der Waals surface area (Å²) in [5.41, 5.74) is 1.82. The highest BCUT2D eigenvalue weighted by atomic mass is 32.1. The van der Waals surface area contributed by atoms with Gasteiger partial charge in [-0.25, -0.2) is 0 Å². The minimum atomic E-state index is 0.0497. The number of amides is 1. The van der Waals surface area contributed by atoms with Crippen molar-refractivity contribution in [3.63, 3.8) is 0 Å². The Bertz CT molecular complexity index is 558. The lowest BCUT2D eigenvalue weighted by atomic mass is 10.1. The Balaban J connectivity index is 1.79. The van der Waals surface area contributed by atoms with Crippen LogP contribution in [0.15, 0.2) is 41.1 Å². The molecule has 1 amide bonds. The van der Waals surface area contributed by atoms with Gasteiger partial charge in [-0.2, -0.15) is 11.3 Å². The molecule has 19 heavy (non-hydrogen) atoms. The zero-order chi connectivity index (χ0) is 13.2. The SMILES string of the molecule is O=C(c1ccc(O)cc1)N(Cc1ccsc1)C1CC1. The summed E-state index contributed by atoms with van der Waals surface area (Å²) < 4.78 is 0. The average Bonchev–Trinajstić information content (AvgIpc) is 3.13. The molecular formula is C15H15NO2S. The van der Waals surface area contributed by atoms with Crippen molar-refractivity contribution in [2.24, 2.45) is 0 Å². The molecule has 0 radical (unpaired) electrons. The molecule has 4 heteroatoms. The van der Waals surface area contributed by atoms with Crippen LogP contribution in [0.25, 0.3) is 0 Å². The monoisotopic (exact) mass is 273 g/mol. The van der Waals surface area contributed by atoms with Crippen molar-refractivity contribution in [1.82, 2.24) is 4.90 Å². The standard InChI is InChI=1S/C15H15NO2S/c17-14-5-1-12(2-6-14)15(18)16(13-3-4-13)9-11-7-8-19-10-11/h1-2,5-8,10,13,17H,3-4,9H2. The first-order valence-corrected chi connectivity index (χ1v) is 7.29. The molecule has 98 valence electrons. The predicted molar refractivity (Wildman–Crippen MR) is 75.3 cm³/mol. The van der Waals surface area contributed by atoms with Crippen LogP contribution in [0, 0.1) is 0 Å². The van der Waals surface area contributed by atoms with E-state index in [9.17, 15) is 9.90 Å². The van der Waals surface area contributed by atoms with E-state index in [2.05, 4.69) is 11.4 Å². The summed E-state index contributed by atoms with van der Waals surface area (Å²) in [6.45, 7) is 0.674. The fourth-order valence-electron chi connectivity index (χ4n) is 2.10. The fourth-order valence-corrected chi connectivity index (χ4v) is 2.76. The molecule has 3 rings (SSSR count). The van der Waals surface area contributed by atoms with Crippen LogP contribution in [0.1, 0.15) is 28.8 Å². The number of benzene rings is 1. The summed E-state index contributed by atoms with van der Waals surface area (Å²) in [4.78, 5) is 14.5. The number of phenols is 1. The van der Waals surface area contributed by atoms with Crippen molar-refractivity contribution >= 4 is 17.2 Å². The van der Waals surface area contributed by atoms with Crippen LogP contribution < -0.4 is 0 Å². The smallest absolute Gasteiger partial charge is 0.254 e. The van der Waals surface area contributed by atoms with Gasteiger partial charge < -0.3 is 10.0 Å². The van der Waals surface area contributed by atoms with Crippen molar-refractivity contribution in [1.29, 1.82) is 0 Å². The van der Waals surface area contributed by atoms with Crippen molar-refractivity contribution < 1.29 is 9.90 Å². The van der Waals surface area contributed by atoms with Crippen LogP contribution >= 0.6 is 11.3 Å². The largest absolute Gasteiger partial charge is 0.508 e. The van der Waals surface area contributed by atoms with E-state index in [0.29, 0.717) is 18.2 Å². The molecule has 3 nitrogen and oxygen atoms in total. The van der Waals surface area contributed by atoms with Gasteiger partial charge in [0.1, 0.15) is 5.75 Å². The van der Waals surface area contributed by atoms with Crippen LogP contribution in [-0.2, 0) is 6.54 Å². The molecule has 1 heterocycles. The van der Waals surface area contributed by atoms with E-state index in [4.69, 9.17) is 0 Å². The normalized spacial score (nSPS) is 14.3. The molecule has 1 N–H and O–H groups in total. The average molecular weight is 273 g/mol. The van der Waals surface area contributed by atoms with Crippen molar-refractivity contribution in [3.8, 4) is 5.75 Å². The van der Waals surface area contributed by atoms with Crippen LogP contribution in [-0.4, -0.2) is 22.0 Å². The first kappa shape index (κ1) is 12.2. The third kappa shape index (κ3) is 2.79. The third-order valence-corrected chi connectivity index (χ3v) is 4.03. The predicted octanol–water partition coefficient (Wildman–Crippen LogP) is 3.26. The molecule has 0 aliphatic heterocycles. The summed E-state index contributed by atoms with van der Waals surface area (Å²) in [7, 11) is 0. The van der Waals surface area contributed by atoms with Crippen LogP contribution in [0.4, 0.5) is 0 Å². The van der Waals surface area contributed by atoms with Crippen molar-refractivity contribution in [3.05, 3.63) is 52.2 Å². The Morgan fingerprint density at radius 2 is 2.00 bits per heavy atom. The Morgan fingerprint density at radius 1 is 1.26 bits per heavy atom. The van der Waals surface area contributed by atoms with Gasteiger partial charge in [0.25, 0.3) is 5.91 Å². The number of hydrogen-bond donors (Lipinski definition) is 1. The molecule has 1 aromatic carbocycles. The number of hydrogen-bond acceptors (Lipinski definition) is 3. The number of phenolic OH excluding ortho intramolecular Hbond substituents is 1. The van der Waals surface area contributed by atoms with Gasteiger partial charge in [0.15, 0.2) is 0 Å². The lowest BCUT2D eigenvalue weighted by Crippen LogP contribution is -2.32. The van der Waals surface area contributed by atoms with Gasteiger partial charge in [-0.1, -0.05) is 0 Å². The van der Waals surface area contributed by atoms with Gasteiger partial charge in [0.2, 0.25) is 0 Å². The molecule has 0 unspecified atom stereocenters. The second-order valence-corrected chi connectivity index (χ2v) is 5.62. The molecule has 1 aliphatic carbocycles. The Hall–Kier alpha value is -1.81. The highest BCUT2D eigenvalue weighted by Gasteiger charge is 2.33. The third-order valence-electron chi connectivity index (χ3n) is 3.30. The summed E-state index contributed by atoms with van der Waals surface area (Å²) >= 11 is 1.65. The van der Waals surface area contributed by atoms with Gasteiger partial charge in [-0.15, -0.1) is 0 Å². The first-order chi connectivity index (χ1) is 9.24. The van der Waals surface area contributed by atoms with Crippen molar-refractivity contribution in [2.75, 3.05) is 0 Å². The second-order valence-electron chi connectivity index (χ2n) is 4.84. The Morgan fingerprint density at radius 3 is 2.58 bits per heavy atom. The molecular weight excluding hydrogens is 258 g/mol. The van der Waals surface area contributed by atoms with Gasteiger partial charge in [0, 0.05) is 18.2 Å². The zero-order valence-electron chi connectivity index (χ0n) is 10.5.